The number of rotatable bonds is 9. The highest BCUT2D eigenvalue weighted by molar-refractivity contribution is 7.92. The van der Waals surface area contributed by atoms with Gasteiger partial charge in [0.25, 0.3) is 0 Å². The number of carboxylic acid groups (broad SMARTS) is 1. The van der Waals surface area contributed by atoms with E-state index in [1.165, 1.54) is 68.1 Å². The van der Waals surface area contributed by atoms with Gasteiger partial charge in [-0.15, -0.1) is 0 Å². The number of fused-ring (bicyclic) bond motifs is 8. The van der Waals surface area contributed by atoms with E-state index in [4.69, 9.17) is 0 Å². The van der Waals surface area contributed by atoms with Gasteiger partial charge in [0.05, 0.1) is 16.9 Å². The molecule has 8 rings (SSSR count). The molecule has 8 aliphatic rings. The lowest BCUT2D eigenvalue weighted by Crippen LogP contribution is -2.68. The van der Waals surface area contributed by atoms with Gasteiger partial charge in [-0.25, -0.2) is 8.42 Å². The van der Waals surface area contributed by atoms with Crippen molar-refractivity contribution in [2.75, 3.05) is 25.4 Å². The van der Waals surface area contributed by atoms with Crippen molar-refractivity contribution in [2.24, 2.45) is 69.0 Å². The number of sulfone groups is 1. The summed E-state index contributed by atoms with van der Waals surface area (Å²) >= 11 is 0. The van der Waals surface area contributed by atoms with Crippen LogP contribution in [0.1, 0.15) is 125 Å². The summed E-state index contributed by atoms with van der Waals surface area (Å²) in [5.41, 5.74) is 5.43. The Bertz CT molecular complexity index is 1630. The zero-order valence-electron chi connectivity index (χ0n) is 32.7. The van der Waals surface area contributed by atoms with Crippen LogP contribution in [0.3, 0.4) is 0 Å². The maximum atomic E-state index is 12.6. The SMILES string of the molecule is C=C(C)C1CCC2(NCCNCC3C4CC4CS3(=O)=O)CCC3(C)C(CCC4C5(C)CC=C(C6=CCC(C(=O)O)CC6)C(C)(C)C5CCC43C)C12. The van der Waals surface area contributed by atoms with Crippen LogP contribution in [0.2, 0.25) is 0 Å². The Morgan fingerprint density at radius 2 is 1.73 bits per heavy atom. The molecule has 13 unspecified atom stereocenters. The predicted molar refractivity (Wildman–Crippen MR) is 206 cm³/mol. The van der Waals surface area contributed by atoms with Crippen LogP contribution in [-0.2, 0) is 14.6 Å². The van der Waals surface area contributed by atoms with E-state index in [1.807, 2.05) is 0 Å². The number of hydrogen-bond acceptors (Lipinski definition) is 5. The number of hydrogen-bond donors (Lipinski definition) is 3. The van der Waals surface area contributed by atoms with Crippen molar-refractivity contribution >= 4 is 15.8 Å². The first-order valence-electron chi connectivity index (χ1n) is 20.9. The van der Waals surface area contributed by atoms with E-state index in [9.17, 15) is 18.3 Å². The summed E-state index contributed by atoms with van der Waals surface area (Å²) in [4.78, 5) is 11.7. The first-order valence-corrected chi connectivity index (χ1v) is 22.7. The van der Waals surface area contributed by atoms with Gasteiger partial charge in [0, 0.05) is 25.2 Å². The highest BCUT2D eigenvalue weighted by Gasteiger charge is 2.70. The van der Waals surface area contributed by atoms with Crippen molar-refractivity contribution in [3.63, 3.8) is 0 Å². The molecule has 1 aliphatic heterocycles. The third-order valence-electron chi connectivity index (χ3n) is 18.2. The molecule has 1 saturated heterocycles. The Morgan fingerprint density at radius 1 is 0.941 bits per heavy atom. The zero-order chi connectivity index (χ0) is 36.4. The van der Waals surface area contributed by atoms with Gasteiger partial charge in [0.15, 0.2) is 9.84 Å². The van der Waals surface area contributed by atoms with Gasteiger partial charge in [-0.2, -0.15) is 0 Å². The minimum absolute atomic E-state index is 0.0897. The van der Waals surface area contributed by atoms with Gasteiger partial charge in [0.1, 0.15) is 0 Å². The minimum atomic E-state index is -2.91. The van der Waals surface area contributed by atoms with Crippen LogP contribution in [0.4, 0.5) is 0 Å². The van der Waals surface area contributed by atoms with E-state index in [-0.39, 0.29) is 27.5 Å². The standard InChI is InChI=1S/C44H68N2O4S/c1-27(2)31-14-19-44(46-23-22-45-25-35-32-24-30(32)26-51(35,49)50)21-20-42(6)34(38(31)44)12-13-37-41(5)17-15-33(28-8-10-29(11-9-28)39(47)48)40(3,4)36(41)16-18-43(37,42)7/h8,15,29-32,34-38,45-46H,1,9-14,16-26H2,2-7H3,(H,47,48). The quantitative estimate of drug-likeness (QED) is 0.164. The van der Waals surface area contributed by atoms with E-state index in [0.717, 1.165) is 38.8 Å². The minimum Gasteiger partial charge on any atom is -0.481 e. The summed E-state index contributed by atoms with van der Waals surface area (Å²) in [6, 6.07) is 0. The van der Waals surface area contributed by atoms with Crippen LogP contribution < -0.4 is 10.6 Å². The van der Waals surface area contributed by atoms with E-state index in [2.05, 4.69) is 70.9 Å². The molecular weight excluding hydrogens is 653 g/mol. The smallest absolute Gasteiger partial charge is 0.306 e. The molecule has 0 aromatic carbocycles. The molecule has 7 aliphatic carbocycles. The monoisotopic (exact) mass is 720 g/mol. The molecule has 6 nitrogen and oxygen atoms in total. The second-order valence-electron chi connectivity index (χ2n) is 20.6. The first kappa shape index (κ1) is 36.5. The highest BCUT2D eigenvalue weighted by Crippen LogP contribution is 2.76. The zero-order valence-corrected chi connectivity index (χ0v) is 33.5. The lowest BCUT2D eigenvalue weighted by molar-refractivity contribution is -0.221. The molecule has 5 saturated carbocycles. The third-order valence-corrected chi connectivity index (χ3v) is 20.6. The van der Waals surface area contributed by atoms with E-state index >= 15 is 0 Å². The molecule has 13 atom stereocenters. The third kappa shape index (κ3) is 5.40. The molecule has 6 fully saturated rings. The molecule has 0 spiro atoms. The second-order valence-corrected chi connectivity index (χ2v) is 22.8. The predicted octanol–water partition coefficient (Wildman–Crippen LogP) is 8.36. The lowest BCUT2D eigenvalue weighted by atomic mass is 9.33. The second kappa shape index (κ2) is 12.3. The average Bonchev–Trinajstić information content (AvgIpc) is 3.59. The Labute approximate surface area is 309 Å². The fourth-order valence-corrected chi connectivity index (χ4v) is 17.9. The maximum Gasteiger partial charge on any atom is 0.306 e. The largest absolute Gasteiger partial charge is 0.481 e. The Morgan fingerprint density at radius 3 is 2.39 bits per heavy atom. The molecule has 7 heteroatoms. The van der Waals surface area contributed by atoms with Crippen LogP contribution in [-0.4, -0.2) is 55.7 Å². The Kier molecular flexibility index (Phi) is 8.80. The van der Waals surface area contributed by atoms with Gasteiger partial charge in [-0.05, 0) is 165 Å². The van der Waals surface area contributed by atoms with Gasteiger partial charge in [0.2, 0.25) is 0 Å². The topological polar surface area (TPSA) is 95.5 Å². The fraction of sp³-hybridized carbons (Fsp3) is 0.841. The molecule has 0 aromatic rings. The van der Waals surface area contributed by atoms with Crippen LogP contribution in [0, 0.1) is 69.0 Å². The van der Waals surface area contributed by atoms with Crippen LogP contribution in [0.15, 0.2) is 35.5 Å². The number of carboxylic acids is 1. The summed E-state index contributed by atoms with van der Waals surface area (Å²) < 4.78 is 25.2. The average molecular weight is 721 g/mol. The number of aliphatic carboxylic acids is 1. The van der Waals surface area contributed by atoms with Gasteiger partial charge in [-0.1, -0.05) is 58.9 Å². The van der Waals surface area contributed by atoms with E-state index < -0.39 is 15.8 Å². The Hall–Kier alpha value is -1.44. The lowest BCUT2D eigenvalue weighted by Gasteiger charge is -2.72. The fourth-order valence-electron chi connectivity index (χ4n) is 15.4. The van der Waals surface area contributed by atoms with Crippen molar-refractivity contribution in [2.45, 2.75) is 136 Å². The summed E-state index contributed by atoms with van der Waals surface area (Å²) in [6.07, 6.45) is 19.7. The molecule has 51 heavy (non-hydrogen) atoms. The Balaban J connectivity index is 1.01. The van der Waals surface area contributed by atoms with Crippen molar-refractivity contribution in [3.05, 3.63) is 35.5 Å². The van der Waals surface area contributed by atoms with E-state index in [1.54, 1.807) is 0 Å². The van der Waals surface area contributed by atoms with Crippen molar-refractivity contribution in [1.82, 2.24) is 10.6 Å². The van der Waals surface area contributed by atoms with Crippen molar-refractivity contribution < 1.29 is 18.3 Å². The van der Waals surface area contributed by atoms with Crippen molar-refractivity contribution in [1.29, 1.82) is 0 Å². The molecule has 3 N–H and O–H groups in total. The molecule has 284 valence electrons. The molecule has 0 radical (unpaired) electrons. The van der Waals surface area contributed by atoms with Crippen LogP contribution in [0.5, 0.6) is 0 Å². The van der Waals surface area contributed by atoms with Crippen LogP contribution >= 0.6 is 0 Å². The highest BCUT2D eigenvalue weighted by atomic mass is 32.2. The molecule has 1 heterocycles. The molecule has 0 amide bonds. The summed E-state index contributed by atoms with van der Waals surface area (Å²) in [7, 11) is -2.91. The van der Waals surface area contributed by atoms with Crippen LogP contribution in [0.25, 0.3) is 0 Å². The van der Waals surface area contributed by atoms with Crippen molar-refractivity contribution in [3.8, 4) is 0 Å². The summed E-state index contributed by atoms with van der Waals surface area (Å²) in [6.45, 7) is 22.4. The summed E-state index contributed by atoms with van der Waals surface area (Å²) in [5, 5.41) is 17.2. The summed E-state index contributed by atoms with van der Waals surface area (Å²) in [5.74, 6) is 3.61. The normalized spacial score (nSPS) is 48.9. The maximum absolute atomic E-state index is 12.6. The van der Waals surface area contributed by atoms with Gasteiger partial charge < -0.3 is 15.7 Å². The van der Waals surface area contributed by atoms with Gasteiger partial charge in [-0.3, -0.25) is 4.79 Å². The molecule has 0 aromatic heterocycles. The number of nitrogens with one attached hydrogen (secondary N) is 2. The van der Waals surface area contributed by atoms with E-state index in [0.29, 0.717) is 71.0 Å². The molecular formula is C44H68N2O4S. The molecule has 0 bridgehead atoms. The number of allylic oxidation sites excluding steroid dienone is 5. The number of carbonyl (C=O) groups is 1. The van der Waals surface area contributed by atoms with Gasteiger partial charge >= 0.3 is 5.97 Å². The first-order chi connectivity index (χ1) is 24.0.